The van der Waals surface area contributed by atoms with E-state index in [1.54, 1.807) is 37.3 Å². The van der Waals surface area contributed by atoms with Crippen LogP contribution in [-0.4, -0.2) is 17.1 Å². The van der Waals surface area contributed by atoms with Gasteiger partial charge in [-0.2, -0.15) is 18.3 Å². The van der Waals surface area contributed by atoms with Crippen LogP contribution in [0.4, 0.5) is 24.7 Å². The molecule has 0 spiro atoms. The largest absolute Gasteiger partial charge is 0.433 e. The maximum Gasteiger partial charge on any atom is 0.433 e. The maximum atomic E-state index is 13.2. The minimum absolute atomic E-state index is 0.167. The smallest absolute Gasteiger partial charge is 0.339 e. The first-order valence-corrected chi connectivity index (χ1v) is 10.1. The molecule has 1 amide bonds. The van der Waals surface area contributed by atoms with Gasteiger partial charge in [0.25, 0.3) is 5.91 Å². The summed E-state index contributed by atoms with van der Waals surface area (Å²) in [5.74, 6) is -1.11. The molecule has 0 saturated heterocycles. The van der Waals surface area contributed by atoms with Crippen LogP contribution in [0.15, 0.2) is 53.6 Å². The van der Waals surface area contributed by atoms with Gasteiger partial charge in [0.05, 0.1) is 21.8 Å². The SMILES string of the molecule is Cc1ccc(Cl)cc1Nc1nc(C(F)(F)F)ccc1C(=O)N/N=C/c1c(Cl)cccc1Cl. The van der Waals surface area contributed by atoms with Crippen LogP contribution in [-0.2, 0) is 6.18 Å². The zero-order chi connectivity index (χ0) is 23.5. The molecule has 5 nitrogen and oxygen atoms in total. The third-order valence-corrected chi connectivity index (χ3v) is 5.14. The van der Waals surface area contributed by atoms with Gasteiger partial charge in [-0.1, -0.05) is 46.9 Å². The van der Waals surface area contributed by atoms with E-state index in [2.05, 4.69) is 20.8 Å². The van der Waals surface area contributed by atoms with Crippen LogP contribution in [0.1, 0.15) is 27.2 Å². The van der Waals surface area contributed by atoms with Gasteiger partial charge in [-0.05, 0) is 48.9 Å². The van der Waals surface area contributed by atoms with Gasteiger partial charge in [-0.3, -0.25) is 4.79 Å². The lowest BCUT2D eigenvalue weighted by molar-refractivity contribution is -0.141. The van der Waals surface area contributed by atoms with Crippen molar-refractivity contribution < 1.29 is 18.0 Å². The molecule has 3 rings (SSSR count). The van der Waals surface area contributed by atoms with Crippen molar-refractivity contribution in [3.63, 3.8) is 0 Å². The highest BCUT2D eigenvalue weighted by molar-refractivity contribution is 6.38. The highest BCUT2D eigenvalue weighted by atomic mass is 35.5. The van der Waals surface area contributed by atoms with E-state index >= 15 is 0 Å². The number of aryl methyl sites for hydroxylation is 1. The number of nitrogens with zero attached hydrogens (tertiary/aromatic N) is 2. The number of carbonyl (C=O) groups is 1. The molecular formula is C21H14Cl3F3N4O. The van der Waals surface area contributed by atoms with Gasteiger partial charge < -0.3 is 5.32 Å². The molecule has 0 fully saturated rings. The van der Waals surface area contributed by atoms with Gasteiger partial charge in [-0.25, -0.2) is 10.4 Å². The molecule has 0 aliphatic heterocycles. The van der Waals surface area contributed by atoms with Crippen LogP contribution < -0.4 is 10.7 Å². The molecule has 3 aromatic rings. The second-order valence-corrected chi connectivity index (χ2v) is 7.76. The Morgan fingerprint density at radius 2 is 1.75 bits per heavy atom. The maximum absolute atomic E-state index is 13.2. The van der Waals surface area contributed by atoms with Gasteiger partial charge in [-0.15, -0.1) is 0 Å². The van der Waals surface area contributed by atoms with E-state index in [9.17, 15) is 18.0 Å². The van der Waals surface area contributed by atoms with Crippen LogP contribution in [0, 0.1) is 6.92 Å². The van der Waals surface area contributed by atoms with Crippen molar-refractivity contribution in [2.45, 2.75) is 13.1 Å². The number of hydrazone groups is 1. The summed E-state index contributed by atoms with van der Waals surface area (Å²) >= 11 is 18.1. The second kappa shape index (κ2) is 9.77. The van der Waals surface area contributed by atoms with E-state index in [1.807, 2.05) is 0 Å². The number of hydrogen-bond acceptors (Lipinski definition) is 4. The topological polar surface area (TPSA) is 66.4 Å². The first-order valence-electron chi connectivity index (χ1n) is 8.95. The Kier molecular flexibility index (Phi) is 7.28. The van der Waals surface area contributed by atoms with E-state index in [-0.39, 0.29) is 11.4 Å². The molecule has 0 bridgehead atoms. The predicted molar refractivity (Wildman–Crippen MR) is 120 cm³/mol. The zero-order valence-corrected chi connectivity index (χ0v) is 18.5. The van der Waals surface area contributed by atoms with Crippen molar-refractivity contribution in [1.29, 1.82) is 0 Å². The first-order chi connectivity index (χ1) is 15.1. The average Bonchev–Trinajstić information content (AvgIpc) is 2.72. The first kappa shape index (κ1) is 23.8. The number of anilines is 2. The Labute approximate surface area is 196 Å². The van der Waals surface area contributed by atoms with Gasteiger partial charge in [0.15, 0.2) is 0 Å². The van der Waals surface area contributed by atoms with E-state index in [4.69, 9.17) is 34.8 Å². The molecule has 0 aliphatic rings. The standard InChI is InChI=1S/C21H14Cl3F3N4O/c1-11-5-6-12(22)9-17(11)29-19-13(7-8-18(30-19)21(25,26)27)20(32)31-28-10-14-15(23)3-2-4-16(14)24/h2-10H,1H3,(H,29,30)(H,31,32)/b28-10+. The summed E-state index contributed by atoms with van der Waals surface area (Å²) in [6, 6.07) is 11.4. The van der Waals surface area contributed by atoms with Crippen molar-refractivity contribution >= 4 is 58.4 Å². The van der Waals surface area contributed by atoms with Crippen LogP contribution in [0.25, 0.3) is 0 Å². The van der Waals surface area contributed by atoms with Crippen molar-refractivity contribution in [3.05, 3.63) is 86.0 Å². The van der Waals surface area contributed by atoms with Crippen LogP contribution >= 0.6 is 34.8 Å². The minimum atomic E-state index is -4.70. The Hall–Kier alpha value is -2.81. The summed E-state index contributed by atoms with van der Waals surface area (Å²) in [4.78, 5) is 16.2. The number of halogens is 6. The molecular weight excluding hydrogens is 488 g/mol. The number of alkyl halides is 3. The van der Waals surface area contributed by atoms with Crippen molar-refractivity contribution in [2.75, 3.05) is 5.32 Å². The fraction of sp³-hybridized carbons (Fsp3) is 0.0952. The minimum Gasteiger partial charge on any atom is -0.339 e. The summed E-state index contributed by atoms with van der Waals surface area (Å²) in [7, 11) is 0. The fourth-order valence-electron chi connectivity index (χ4n) is 2.60. The lowest BCUT2D eigenvalue weighted by Gasteiger charge is -2.15. The highest BCUT2D eigenvalue weighted by Gasteiger charge is 2.33. The van der Waals surface area contributed by atoms with Crippen molar-refractivity contribution in [3.8, 4) is 0 Å². The summed E-state index contributed by atoms with van der Waals surface area (Å²) in [6.45, 7) is 1.73. The zero-order valence-electron chi connectivity index (χ0n) is 16.3. The van der Waals surface area contributed by atoms with Crippen LogP contribution in [0.3, 0.4) is 0 Å². The quantitative estimate of drug-likeness (QED) is 0.296. The van der Waals surface area contributed by atoms with Gasteiger partial charge >= 0.3 is 6.18 Å². The van der Waals surface area contributed by atoms with E-state index in [0.717, 1.165) is 6.07 Å². The summed E-state index contributed by atoms with van der Waals surface area (Å²) in [5, 5.41) is 7.53. The Morgan fingerprint density at radius 1 is 1.06 bits per heavy atom. The van der Waals surface area contributed by atoms with Crippen LogP contribution in [0.5, 0.6) is 0 Å². The molecule has 0 saturated carbocycles. The molecule has 0 aliphatic carbocycles. The monoisotopic (exact) mass is 500 g/mol. The van der Waals surface area contributed by atoms with Gasteiger partial charge in [0.1, 0.15) is 11.5 Å². The number of benzene rings is 2. The molecule has 2 N–H and O–H groups in total. The third kappa shape index (κ3) is 5.70. The summed E-state index contributed by atoms with van der Waals surface area (Å²) in [6.07, 6.45) is -3.47. The number of hydrogen-bond donors (Lipinski definition) is 2. The van der Waals surface area contributed by atoms with Gasteiger partial charge in [0.2, 0.25) is 0 Å². The summed E-state index contributed by atoms with van der Waals surface area (Å²) < 4.78 is 39.6. The molecule has 11 heteroatoms. The fourth-order valence-corrected chi connectivity index (χ4v) is 3.27. The highest BCUT2D eigenvalue weighted by Crippen LogP contribution is 2.31. The third-order valence-electron chi connectivity index (χ3n) is 4.24. The van der Waals surface area contributed by atoms with E-state index in [0.29, 0.717) is 37.9 Å². The summed E-state index contributed by atoms with van der Waals surface area (Å²) in [5.41, 5.74) is 2.36. The lowest BCUT2D eigenvalue weighted by Crippen LogP contribution is -2.21. The molecule has 2 aromatic carbocycles. The lowest BCUT2D eigenvalue weighted by atomic mass is 10.1. The second-order valence-electron chi connectivity index (χ2n) is 6.51. The molecule has 0 atom stereocenters. The van der Waals surface area contributed by atoms with Gasteiger partial charge in [0, 0.05) is 16.3 Å². The number of rotatable bonds is 5. The Balaban J connectivity index is 1.93. The number of pyridine rings is 1. The Morgan fingerprint density at radius 3 is 2.41 bits per heavy atom. The average molecular weight is 502 g/mol. The molecule has 1 aromatic heterocycles. The number of nitrogens with one attached hydrogen (secondary N) is 2. The predicted octanol–water partition coefficient (Wildman–Crippen LogP) is 6.88. The molecule has 32 heavy (non-hydrogen) atoms. The number of aromatic nitrogens is 1. The molecule has 166 valence electrons. The number of amides is 1. The molecule has 0 radical (unpaired) electrons. The van der Waals surface area contributed by atoms with Crippen molar-refractivity contribution in [1.82, 2.24) is 10.4 Å². The number of carbonyl (C=O) groups excluding carboxylic acids is 1. The molecule has 1 heterocycles. The van der Waals surface area contributed by atoms with E-state index in [1.165, 1.54) is 12.3 Å². The Bertz CT molecular complexity index is 1180. The van der Waals surface area contributed by atoms with Crippen molar-refractivity contribution in [2.24, 2.45) is 5.10 Å². The van der Waals surface area contributed by atoms with Crippen LogP contribution in [0.2, 0.25) is 15.1 Å². The molecule has 0 unspecified atom stereocenters. The normalized spacial score (nSPS) is 11.6. The van der Waals surface area contributed by atoms with E-state index < -0.39 is 17.8 Å².